The Bertz CT molecular complexity index is 415. The van der Waals surface area contributed by atoms with E-state index >= 15 is 0 Å². The largest absolute Gasteiger partial charge is 0.281 e. The fourth-order valence-electron chi connectivity index (χ4n) is 2.06. The SMILES string of the molecule is CCC1CCC=CC(c2cccc(C)c2)=N1. The van der Waals surface area contributed by atoms with Crippen molar-refractivity contribution in [1.29, 1.82) is 0 Å². The van der Waals surface area contributed by atoms with Crippen LogP contribution in [0.4, 0.5) is 0 Å². The van der Waals surface area contributed by atoms with Gasteiger partial charge in [-0.25, -0.2) is 0 Å². The normalized spacial score (nSPS) is 20.4. The zero-order chi connectivity index (χ0) is 11.4. The van der Waals surface area contributed by atoms with Crippen LogP contribution in [0.15, 0.2) is 41.4 Å². The maximum atomic E-state index is 4.84. The molecule has 0 saturated heterocycles. The van der Waals surface area contributed by atoms with Crippen molar-refractivity contribution in [3.8, 4) is 0 Å². The number of rotatable bonds is 2. The molecule has 1 aromatic rings. The molecule has 1 aliphatic heterocycles. The van der Waals surface area contributed by atoms with Crippen LogP contribution in [0.5, 0.6) is 0 Å². The van der Waals surface area contributed by atoms with E-state index in [2.05, 4.69) is 50.3 Å². The number of allylic oxidation sites excluding steroid dienone is 2. The Morgan fingerprint density at radius 1 is 1.38 bits per heavy atom. The summed E-state index contributed by atoms with van der Waals surface area (Å²) in [6, 6.07) is 9.08. The lowest BCUT2D eigenvalue weighted by Crippen LogP contribution is -2.05. The number of hydrogen-bond donors (Lipinski definition) is 0. The third-order valence-electron chi connectivity index (χ3n) is 3.05. The minimum absolute atomic E-state index is 0.491. The lowest BCUT2D eigenvalue weighted by molar-refractivity contribution is 0.609. The molecule has 1 heterocycles. The van der Waals surface area contributed by atoms with Gasteiger partial charge in [-0.1, -0.05) is 36.8 Å². The number of benzene rings is 1. The molecule has 0 amide bonds. The first-order valence-corrected chi connectivity index (χ1v) is 6.11. The molecule has 0 aromatic heterocycles. The van der Waals surface area contributed by atoms with Gasteiger partial charge in [-0.2, -0.15) is 0 Å². The van der Waals surface area contributed by atoms with Gasteiger partial charge in [0.1, 0.15) is 0 Å². The summed E-state index contributed by atoms with van der Waals surface area (Å²) >= 11 is 0. The van der Waals surface area contributed by atoms with Gasteiger partial charge in [0.05, 0.1) is 11.8 Å². The van der Waals surface area contributed by atoms with Gasteiger partial charge in [-0.3, -0.25) is 4.99 Å². The van der Waals surface area contributed by atoms with Gasteiger partial charge in [0, 0.05) is 0 Å². The van der Waals surface area contributed by atoms with Crippen LogP contribution in [-0.2, 0) is 0 Å². The molecule has 0 aliphatic carbocycles. The highest BCUT2D eigenvalue weighted by Crippen LogP contribution is 2.15. The summed E-state index contributed by atoms with van der Waals surface area (Å²) in [4.78, 5) is 4.84. The van der Waals surface area contributed by atoms with Crippen LogP contribution >= 0.6 is 0 Å². The van der Waals surface area contributed by atoms with E-state index in [0.29, 0.717) is 6.04 Å². The summed E-state index contributed by atoms with van der Waals surface area (Å²) in [7, 11) is 0. The zero-order valence-corrected chi connectivity index (χ0v) is 10.1. The molecule has 84 valence electrons. The number of nitrogens with zero attached hydrogens (tertiary/aromatic N) is 1. The Balaban J connectivity index is 2.33. The van der Waals surface area contributed by atoms with E-state index in [0.717, 1.165) is 18.6 Å². The third-order valence-corrected chi connectivity index (χ3v) is 3.05. The highest BCUT2D eigenvalue weighted by atomic mass is 14.8. The van der Waals surface area contributed by atoms with Gasteiger partial charge < -0.3 is 0 Å². The molecule has 1 nitrogen and oxygen atoms in total. The van der Waals surface area contributed by atoms with Crippen LogP contribution in [0.25, 0.3) is 0 Å². The molecule has 1 atom stereocenters. The molecule has 1 heteroatoms. The van der Waals surface area contributed by atoms with Crippen molar-refractivity contribution >= 4 is 5.71 Å². The van der Waals surface area contributed by atoms with Crippen molar-refractivity contribution in [1.82, 2.24) is 0 Å². The highest BCUT2D eigenvalue weighted by molar-refractivity contribution is 6.09. The third kappa shape index (κ3) is 2.60. The monoisotopic (exact) mass is 213 g/mol. The lowest BCUT2D eigenvalue weighted by atomic mass is 10.1. The van der Waals surface area contributed by atoms with Crippen molar-refractivity contribution in [3.63, 3.8) is 0 Å². The zero-order valence-electron chi connectivity index (χ0n) is 10.1. The summed E-state index contributed by atoms with van der Waals surface area (Å²) in [5.74, 6) is 0. The van der Waals surface area contributed by atoms with Gasteiger partial charge in [0.25, 0.3) is 0 Å². The molecular formula is C15H19N. The van der Waals surface area contributed by atoms with Crippen LogP contribution in [0.2, 0.25) is 0 Å². The molecule has 0 fully saturated rings. The molecule has 0 bridgehead atoms. The van der Waals surface area contributed by atoms with Crippen LogP contribution in [-0.4, -0.2) is 11.8 Å². The summed E-state index contributed by atoms with van der Waals surface area (Å²) in [6.45, 7) is 4.34. The molecule has 0 spiro atoms. The van der Waals surface area contributed by atoms with Crippen LogP contribution < -0.4 is 0 Å². The molecule has 0 N–H and O–H groups in total. The molecular weight excluding hydrogens is 194 g/mol. The van der Waals surface area contributed by atoms with Crippen LogP contribution in [0.3, 0.4) is 0 Å². The van der Waals surface area contributed by atoms with Crippen molar-refractivity contribution in [2.45, 2.75) is 39.2 Å². The van der Waals surface area contributed by atoms with E-state index in [-0.39, 0.29) is 0 Å². The fraction of sp³-hybridized carbons (Fsp3) is 0.400. The summed E-state index contributed by atoms with van der Waals surface area (Å²) < 4.78 is 0. The Morgan fingerprint density at radius 2 is 2.25 bits per heavy atom. The maximum absolute atomic E-state index is 4.84. The summed E-state index contributed by atoms with van der Waals surface area (Å²) in [5, 5.41) is 0. The van der Waals surface area contributed by atoms with E-state index in [9.17, 15) is 0 Å². The van der Waals surface area contributed by atoms with Gasteiger partial charge in [-0.05, 0) is 43.9 Å². The van der Waals surface area contributed by atoms with Crippen molar-refractivity contribution in [2.24, 2.45) is 4.99 Å². The second-order valence-electron chi connectivity index (χ2n) is 4.43. The van der Waals surface area contributed by atoms with Crippen LogP contribution in [0, 0.1) is 6.92 Å². The highest BCUT2D eigenvalue weighted by Gasteiger charge is 2.09. The second kappa shape index (κ2) is 5.11. The average molecular weight is 213 g/mol. The van der Waals surface area contributed by atoms with Gasteiger partial charge >= 0.3 is 0 Å². The fourth-order valence-corrected chi connectivity index (χ4v) is 2.06. The first kappa shape index (κ1) is 11.1. The molecule has 0 saturated carbocycles. The quantitative estimate of drug-likeness (QED) is 0.706. The standard InChI is InChI=1S/C15H19N/c1-3-14-9-4-5-10-15(16-14)13-8-6-7-12(2)11-13/h5-8,10-11,14H,3-4,9H2,1-2H3. The second-order valence-corrected chi connectivity index (χ2v) is 4.43. The van der Waals surface area contributed by atoms with E-state index in [1.54, 1.807) is 0 Å². The first-order valence-electron chi connectivity index (χ1n) is 6.11. The van der Waals surface area contributed by atoms with Crippen molar-refractivity contribution < 1.29 is 0 Å². The van der Waals surface area contributed by atoms with E-state index in [1.807, 2.05) is 0 Å². The van der Waals surface area contributed by atoms with Gasteiger partial charge in [0.2, 0.25) is 0 Å². The Hall–Kier alpha value is -1.37. The Kier molecular flexibility index (Phi) is 3.55. The minimum atomic E-state index is 0.491. The summed E-state index contributed by atoms with van der Waals surface area (Å²) in [6.07, 6.45) is 7.89. The van der Waals surface area contributed by atoms with E-state index in [1.165, 1.54) is 17.5 Å². The van der Waals surface area contributed by atoms with E-state index in [4.69, 9.17) is 4.99 Å². The molecule has 2 rings (SSSR count). The maximum Gasteiger partial charge on any atom is 0.0646 e. The Labute approximate surface area is 97.9 Å². The minimum Gasteiger partial charge on any atom is -0.281 e. The van der Waals surface area contributed by atoms with Gasteiger partial charge in [0.15, 0.2) is 0 Å². The predicted molar refractivity (Wildman–Crippen MR) is 70.2 cm³/mol. The van der Waals surface area contributed by atoms with E-state index < -0.39 is 0 Å². The van der Waals surface area contributed by atoms with Crippen molar-refractivity contribution in [3.05, 3.63) is 47.5 Å². The molecule has 1 aliphatic rings. The number of aliphatic imine (C=N–C) groups is 1. The molecule has 16 heavy (non-hydrogen) atoms. The molecule has 1 unspecified atom stereocenters. The van der Waals surface area contributed by atoms with Crippen molar-refractivity contribution in [2.75, 3.05) is 0 Å². The molecule has 1 aromatic carbocycles. The first-order chi connectivity index (χ1) is 7.79. The van der Waals surface area contributed by atoms with Crippen LogP contribution in [0.1, 0.15) is 37.3 Å². The van der Waals surface area contributed by atoms with Gasteiger partial charge in [-0.15, -0.1) is 0 Å². The average Bonchev–Trinajstić information content (AvgIpc) is 2.54. The number of aryl methyl sites for hydroxylation is 1. The summed E-state index contributed by atoms with van der Waals surface area (Å²) in [5.41, 5.74) is 3.69. The number of hydrogen-bond acceptors (Lipinski definition) is 1. The topological polar surface area (TPSA) is 12.4 Å². The smallest absolute Gasteiger partial charge is 0.0646 e. The predicted octanol–water partition coefficient (Wildman–Crippen LogP) is 3.91. The lowest BCUT2D eigenvalue weighted by Gasteiger charge is -2.08. The Morgan fingerprint density at radius 3 is 3.00 bits per heavy atom. The molecule has 0 radical (unpaired) electrons.